The summed E-state index contributed by atoms with van der Waals surface area (Å²) in [5.74, 6) is 1.19. The van der Waals surface area contributed by atoms with E-state index in [2.05, 4.69) is 17.1 Å². The van der Waals surface area contributed by atoms with Gasteiger partial charge in [-0.2, -0.15) is 0 Å². The van der Waals surface area contributed by atoms with Crippen molar-refractivity contribution in [2.45, 2.75) is 91.7 Å². The Balaban J connectivity index is 1.72. The van der Waals surface area contributed by atoms with Crippen molar-refractivity contribution >= 4 is 17.8 Å². The third-order valence-corrected chi connectivity index (χ3v) is 6.45. The Morgan fingerprint density at radius 2 is 1.63 bits per heavy atom. The first kappa shape index (κ1) is 31.6. The number of amides is 2. The Morgan fingerprint density at radius 1 is 0.974 bits per heavy atom. The van der Waals surface area contributed by atoms with Crippen LogP contribution in [0.25, 0.3) is 0 Å². The molecule has 1 atom stereocenters. The van der Waals surface area contributed by atoms with Crippen LogP contribution in [-0.4, -0.2) is 78.6 Å². The number of piperazine rings is 1. The second kappa shape index (κ2) is 15.7. The van der Waals surface area contributed by atoms with E-state index < -0.39 is 17.7 Å². The van der Waals surface area contributed by atoms with Crippen molar-refractivity contribution < 1.29 is 23.9 Å². The summed E-state index contributed by atoms with van der Waals surface area (Å²) >= 11 is 0. The van der Waals surface area contributed by atoms with Crippen LogP contribution in [0, 0.1) is 5.92 Å². The highest BCUT2D eigenvalue weighted by Crippen LogP contribution is 2.16. The van der Waals surface area contributed by atoms with E-state index in [1.54, 1.807) is 0 Å². The van der Waals surface area contributed by atoms with Crippen LogP contribution in [0.3, 0.4) is 0 Å². The van der Waals surface area contributed by atoms with E-state index in [1.165, 1.54) is 0 Å². The summed E-state index contributed by atoms with van der Waals surface area (Å²) in [6.07, 6.45) is 4.64. The molecule has 0 unspecified atom stereocenters. The molecule has 1 fully saturated rings. The fourth-order valence-corrected chi connectivity index (χ4v) is 4.45. The van der Waals surface area contributed by atoms with Gasteiger partial charge >= 0.3 is 6.09 Å². The second-order valence-electron chi connectivity index (χ2n) is 11.6. The lowest BCUT2D eigenvalue weighted by Gasteiger charge is -2.37. The zero-order valence-corrected chi connectivity index (χ0v) is 24.4. The monoisotopic (exact) mass is 531 g/mol. The average molecular weight is 532 g/mol. The van der Waals surface area contributed by atoms with Crippen molar-refractivity contribution in [3.8, 4) is 5.75 Å². The number of ketones is 1. The lowest BCUT2D eigenvalue weighted by molar-refractivity contribution is -0.135. The van der Waals surface area contributed by atoms with Crippen LogP contribution in [-0.2, 0) is 9.53 Å². The van der Waals surface area contributed by atoms with Gasteiger partial charge in [-0.15, -0.1) is 0 Å². The zero-order chi connectivity index (χ0) is 28.1. The normalized spacial score (nSPS) is 15.3. The van der Waals surface area contributed by atoms with Crippen molar-refractivity contribution in [1.82, 2.24) is 15.1 Å². The molecule has 0 bridgehead atoms. The Labute approximate surface area is 229 Å². The van der Waals surface area contributed by atoms with Crippen molar-refractivity contribution in [1.29, 1.82) is 0 Å². The second-order valence-corrected chi connectivity index (χ2v) is 11.6. The maximum Gasteiger partial charge on any atom is 0.408 e. The fourth-order valence-electron chi connectivity index (χ4n) is 4.45. The van der Waals surface area contributed by atoms with E-state index in [1.807, 2.05) is 63.8 Å². The summed E-state index contributed by atoms with van der Waals surface area (Å²) in [4.78, 5) is 41.9. The Hall–Kier alpha value is -2.61. The SMILES string of the molecule is CCCCCC(=O)c1ccc(OCCCN2CCN(C(=O)[C@H](CC(C)C)NC(=O)OC(C)(C)C)CC2)cc1. The summed E-state index contributed by atoms with van der Waals surface area (Å²) in [6.45, 7) is 16.0. The topological polar surface area (TPSA) is 88.2 Å². The summed E-state index contributed by atoms with van der Waals surface area (Å²) in [5, 5.41) is 2.79. The van der Waals surface area contributed by atoms with Crippen LogP contribution in [0.2, 0.25) is 0 Å². The molecule has 2 rings (SSSR count). The van der Waals surface area contributed by atoms with E-state index in [9.17, 15) is 14.4 Å². The molecule has 1 heterocycles. The van der Waals surface area contributed by atoms with Crippen LogP contribution in [0.5, 0.6) is 5.75 Å². The minimum Gasteiger partial charge on any atom is -0.494 e. The van der Waals surface area contributed by atoms with E-state index in [0.29, 0.717) is 32.5 Å². The molecule has 0 radical (unpaired) electrons. The van der Waals surface area contributed by atoms with Gasteiger partial charge < -0.3 is 19.7 Å². The van der Waals surface area contributed by atoms with Crippen molar-refractivity contribution in [3.05, 3.63) is 29.8 Å². The number of ether oxygens (including phenoxy) is 2. The number of benzene rings is 1. The lowest BCUT2D eigenvalue weighted by Crippen LogP contribution is -2.55. The molecule has 1 N–H and O–H groups in total. The molecule has 1 aliphatic rings. The number of unbranched alkanes of at least 4 members (excludes halogenated alkanes) is 2. The zero-order valence-electron chi connectivity index (χ0n) is 24.4. The van der Waals surface area contributed by atoms with E-state index in [0.717, 1.165) is 56.6 Å². The third-order valence-electron chi connectivity index (χ3n) is 6.45. The summed E-state index contributed by atoms with van der Waals surface area (Å²) in [5.41, 5.74) is 0.138. The predicted molar refractivity (Wildman–Crippen MR) is 151 cm³/mol. The summed E-state index contributed by atoms with van der Waals surface area (Å²) < 4.78 is 11.2. The first-order chi connectivity index (χ1) is 18.0. The van der Waals surface area contributed by atoms with Gasteiger partial charge in [0.05, 0.1) is 6.61 Å². The third kappa shape index (κ3) is 11.8. The van der Waals surface area contributed by atoms with Gasteiger partial charge in [0.2, 0.25) is 5.91 Å². The van der Waals surface area contributed by atoms with Gasteiger partial charge in [0, 0.05) is 44.7 Å². The van der Waals surface area contributed by atoms with Crippen LogP contribution >= 0.6 is 0 Å². The highest BCUT2D eigenvalue weighted by molar-refractivity contribution is 5.96. The molecule has 214 valence electrons. The van der Waals surface area contributed by atoms with Crippen molar-refractivity contribution in [3.63, 3.8) is 0 Å². The minimum atomic E-state index is -0.610. The fraction of sp³-hybridized carbons (Fsp3) is 0.700. The molecule has 1 saturated heterocycles. The number of nitrogens with zero attached hydrogens (tertiary/aromatic N) is 2. The maximum atomic E-state index is 13.2. The predicted octanol–water partition coefficient (Wildman–Crippen LogP) is 5.30. The van der Waals surface area contributed by atoms with Gasteiger partial charge in [0.25, 0.3) is 0 Å². The highest BCUT2D eigenvalue weighted by atomic mass is 16.6. The smallest absolute Gasteiger partial charge is 0.408 e. The van der Waals surface area contributed by atoms with Crippen LogP contribution < -0.4 is 10.1 Å². The number of Topliss-reactive ketones (excluding diaryl/α,β-unsaturated/α-hetero) is 1. The largest absolute Gasteiger partial charge is 0.494 e. The van der Waals surface area contributed by atoms with Crippen LogP contribution in [0.1, 0.15) is 90.4 Å². The number of carbonyl (C=O) groups excluding carboxylic acids is 3. The van der Waals surface area contributed by atoms with Gasteiger partial charge in [0.1, 0.15) is 17.4 Å². The molecule has 1 aromatic carbocycles. The van der Waals surface area contributed by atoms with Gasteiger partial charge in [-0.25, -0.2) is 4.79 Å². The van der Waals surface area contributed by atoms with Gasteiger partial charge in [-0.05, 0) is 70.2 Å². The molecule has 0 saturated carbocycles. The number of rotatable bonds is 14. The summed E-state index contributed by atoms with van der Waals surface area (Å²) in [6, 6.07) is 6.86. The number of carbonyl (C=O) groups is 3. The van der Waals surface area contributed by atoms with Gasteiger partial charge in [-0.1, -0.05) is 33.6 Å². The standard InChI is InChI=1S/C30H49N3O5/c1-7-8-9-11-27(34)24-12-14-25(15-13-24)37-21-10-16-32-17-19-33(20-18-32)28(35)26(22-23(2)3)31-29(36)38-30(4,5)6/h12-15,23,26H,7-11,16-22H2,1-6H3,(H,31,36)/t26-/m0/s1. The maximum absolute atomic E-state index is 13.2. The average Bonchev–Trinajstić information content (AvgIpc) is 2.85. The number of hydrogen-bond acceptors (Lipinski definition) is 6. The molecule has 1 aliphatic heterocycles. The van der Waals surface area contributed by atoms with E-state index >= 15 is 0 Å². The van der Waals surface area contributed by atoms with Crippen molar-refractivity contribution in [2.24, 2.45) is 5.92 Å². The molecule has 0 aliphatic carbocycles. The molecular weight excluding hydrogens is 482 g/mol. The molecule has 0 spiro atoms. The first-order valence-electron chi connectivity index (χ1n) is 14.2. The molecule has 1 aromatic rings. The van der Waals surface area contributed by atoms with Crippen LogP contribution in [0.4, 0.5) is 4.79 Å². The molecule has 0 aromatic heterocycles. The number of nitrogens with one attached hydrogen (secondary N) is 1. The minimum absolute atomic E-state index is 0.0418. The highest BCUT2D eigenvalue weighted by Gasteiger charge is 2.30. The Bertz CT molecular complexity index is 871. The van der Waals surface area contributed by atoms with E-state index in [4.69, 9.17) is 9.47 Å². The molecule has 2 amide bonds. The van der Waals surface area contributed by atoms with E-state index in [-0.39, 0.29) is 17.6 Å². The first-order valence-corrected chi connectivity index (χ1v) is 14.2. The van der Waals surface area contributed by atoms with Crippen LogP contribution in [0.15, 0.2) is 24.3 Å². The Morgan fingerprint density at radius 3 is 2.21 bits per heavy atom. The summed E-state index contributed by atoms with van der Waals surface area (Å²) in [7, 11) is 0. The van der Waals surface area contributed by atoms with Gasteiger partial charge in [0.15, 0.2) is 5.78 Å². The number of hydrogen-bond donors (Lipinski definition) is 1. The molecule has 38 heavy (non-hydrogen) atoms. The quantitative estimate of drug-likeness (QED) is 0.259. The van der Waals surface area contributed by atoms with Crippen molar-refractivity contribution in [2.75, 3.05) is 39.3 Å². The lowest BCUT2D eigenvalue weighted by atomic mass is 10.0. The molecule has 8 nitrogen and oxygen atoms in total. The molecular formula is C30H49N3O5. The Kier molecular flexibility index (Phi) is 13.1. The molecule has 8 heteroatoms. The van der Waals surface area contributed by atoms with Gasteiger partial charge in [-0.3, -0.25) is 14.5 Å². The number of alkyl carbamates (subject to hydrolysis) is 1.